The Balaban J connectivity index is 1.44. The fraction of sp³-hybridized carbons (Fsp3) is 0.680. The summed E-state index contributed by atoms with van der Waals surface area (Å²) in [7, 11) is 0. The van der Waals surface area contributed by atoms with Crippen LogP contribution in [0.2, 0.25) is 0 Å². The van der Waals surface area contributed by atoms with Crippen LogP contribution in [0.3, 0.4) is 0 Å². The molecule has 4 rings (SSSR count). The largest absolute Gasteiger partial charge is 0.493 e. The van der Waals surface area contributed by atoms with Crippen LogP contribution in [0, 0.1) is 5.92 Å². The fourth-order valence-electron chi connectivity index (χ4n) is 5.47. The van der Waals surface area contributed by atoms with E-state index >= 15 is 0 Å². The molecule has 0 saturated carbocycles. The highest BCUT2D eigenvalue weighted by Crippen LogP contribution is 2.51. The Bertz CT molecular complexity index is 1050. The molecule has 2 unspecified atom stereocenters. The molecule has 1 spiro atoms. The first kappa shape index (κ1) is 28.2. The number of amidine groups is 1. The molecule has 3 aliphatic heterocycles. The van der Waals surface area contributed by atoms with Crippen molar-refractivity contribution in [3.05, 3.63) is 23.3 Å². The van der Waals surface area contributed by atoms with Crippen LogP contribution in [0.1, 0.15) is 51.2 Å². The average Bonchev–Trinajstić information content (AvgIpc) is 3.23. The molecule has 0 amide bonds. The second-order valence-corrected chi connectivity index (χ2v) is 10.1. The molecule has 212 valence electrons. The van der Waals surface area contributed by atoms with Crippen molar-refractivity contribution in [2.75, 3.05) is 32.8 Å². The molecule has 2 atom stereocenters. The molecular weight excluding hydrogens is 517 g/mol. The SMILES string of the molecule is CCOc1cc(CN2CC3(CC(N4CCC(C(=O)O)CC4C)=NO3)C2)cc(OCC)c1C(F)(F)C(F)(F)F. The maximum atomic E-state index is 14.4. The van der Waals surface area contributed by atoms with Crippen molar-refractivity contribution in [3.8, 4) is 11.5 Å². The summed E-state index contributed by atoms with van der Waals surface area (Å²) in [4.78, 5) is 21.1. The molecule has 8 nitrogen and oxygen atoms in total. The summed E-state index contributed by atoms with van der Waals surface area (Å²) >= 11 is 0. The summed E-state index contributed by atoms with van der Waals surface area (Å²) in [6.45, 7) is 6.58. The Kier molecular flexibility index (Phi) is 7.70. The quantitative estimate of drug-likeness (QED) is 0.474. The molecule has 1 aromatic rings. The summed E-state index contributed by atoms with van der Waals surface area (Å²) in [5.74, 6) is -6.66. The van der Waals surface area contributed by atoms with Gasteiger partial charge in [-0.15, -0.1) is 0 Å². The van der Waals surface area contributed by atoms with Crippen molar-refractivity contribution in [2.24, 2.45) is 11.1 Å². The van der Waals surface area contributed by atoms with Gasteiger partial charge in [0, 0.05) is 32.2 Å². The number of carboxylic acid groups (broad SMARTS) is 1. The Hall–Kier alpha value is -2.83. The van der Waals surface area contributed by atoms with E-state index in [1.165, 1.54) is 26.0 Å². The number of carbonyl (C=O) groups is 1. The van der Waals surface area contributed by atoms with Gasteiger partial charge >= 0.3 is 18.1 Å². The van der Waals surface area contributed by atoms with E-state index in [0.717, 1.165) is 5.84 Å². The van der Waals surface area contributed by atoms with Gasteiger partial charge in [-0.1, -0.05) is 5.16 Å². The first-order valence-corrected chi connectivity index (χ1v) is 12.6. The Labute approximate surface area is 217 Å². The van der Waals surface area contributed by atoms with E-state index in [0.29, 0.717) is 44.5 Å². The fourth-order valence-corrected chi connectivity index (χ4v) is 5.47. The van der Waals surface area contributed by atoms with Crippen molar-refractivity contribution < 1.29 is 46.2 Å². The molecule has 0 aromatic heterocycles. The molecule has 0 aliphatic carbocycles. The van der Waals surface area contributed by atoms with Crippen LogP contribution in [0.4, 0.5) is 22.0 Å². The molecule has 3 aliphatic rings. The highest BCUT2D eigenvalue weighted by Gasteiger charge is 2.61. The van der Waals surface area contributed by atoms with Gasteiger partial charge in [0.15, 0.2) is 5.60 Å². The number of ether oxygens (including phenoxy) is 2. The minimum atomic E-state index is -5.81. The molecular formula is C25H32F5N3O5. The van der Waals surface area contributed by atoms with Crippen molar-refractivity contribution in [2.45, 2.75) is 70.3 Å². The minimum Gasteiger partial charge on any atom is -0.493 e. The molecule has 0 bridgehead atoms. The average molecular weight is 550 g/mol. The van der Waals surface area contributed by atoms with E-state index in [1.807, 2.05) is 11.8 Å². The van der Waals surface area contributed by atoms with E-state index in [9.17, 15) is 31.9 Å². The summed E-state index contributed by atoms with van der Waals surface area (Å²) in [5, 5.41) is 13.6. The molecule has 1 N–H and O–H groups in total. The number of hydrogen-bond acceptors (Lipinski definition) is 7. The summed E-state index contributed by atoms with van der Waals surface area (Å²) in [6.07, 6.45) is -4.20. The van der Waals surface area contributed by atoms with Crippen LogP contribution in [-0.4, -0.2) is 77.4 Å². The number of alkyl halides is 5. The zero-order chi connectivity index (χ0) is 27.9. The van der Waals surface area contributed by atoms with Crippen molar-refractivity contribution in [1.82, 2.24) is 9.80 Å². The van der Waals surface area contributed by atoms with Gasteiger partial charge in [-0.2, -0.15) is 22.0 Å². The van der Waals surface area contributed by atoms with Gasteiger partial charge in [-0.3, -0.25) is 9.69 Å². The molecule has 1 aromatic carbocycles. The molecule has 2 fully saturated rings. The van der Waals surface area contributed by atoms with Gasteiger partial charge in [-0.25, -0.2) is 0 Å². The predicted octanol–water partition coefficient (Wildman–Crippen LogP) is 4.61. The standard InChI is InChI=1S/C25H32F5N3O5/c1-4-36-18-9-16(10-19(37-5-2)21(18)24(26,27)25(28,29)30)12-32-13-23(14-32)11-20(31-38-23)33-7-6-17(22(34)35)8-15(33)3/h9-10,15,17H,4-8,11-14H2,1-3H3,(H,34,35). The third kappa shape index (κ3) is 5.34. The number of aliphatic carboxylic acids is 1. The van der Waals surface area contributed by atoms with Gasteiger partial charge in [0.25, 0.3) is 0 Å². The lowest BCUT2D eigenvalue weighted by Crippen LogP contribution is -2.61. The molecule has 13 heteroatoms. The lowest BCUT2D eigenvalue weighted by atomic mass is 9.87. The first-order chi connectivity index (χ1) is 17.8. The number of hydrogen-bond donors (Lipinski definition) is 1. The van der Waals surface area contributed by atoms with E-state index in [1.54, 1.807) is 0 Å². The van der Waals surface area contributed by atoms with Crippen molar-refractivity contribution >= 4 is 11.8 Å². The number of piperidine rings is 1. The van der Waals surface area contributed by atoms with Crippen LogP contribution in [0.25, 0.3) is 0 Å². The number of likely N-dealkylation sites (tertiary alicyclic amines) is 2. The van der Waals surface area contributed by atoms with E-state index in [2.05, 4.69) is 10.1 Å². The first-order valence-electron chi connectivity index (χ1n) is 12.6. The Morgan fingerprint density at radius 2 is 1.76 bits per heavy atom. The number of oxime groups is 1. The zero-order valence-corrected chi connectivity index (χ0v) is 21.5. The summed E-state index contributed by atoms with van der Waals surface area (Å²) < 4.78 is 79.0. The van der Waals surface area contributed by atoms with E-state index in [-0.39, 0.29) is 31.7 Å². The monoisotopic (exact) mass is 549 g/mol. The number of nitrogens with zero attached hydrogens (tertiary/aromatic N) is 3. The second kappa shape index (κ2) is 10.4. The van der Waals surface area contributed by atoms with E-state index in [4.69, 9.17) is 14.3 Å². The Morgan fingerprint density at radius 1 is 1.16 bits per heavy atom. The maximum Gasteiger partial charge on any atom is 0.458 e. The van der Waals surface area contributed by atoms with Gasteiger partial charge in [-0.05, 0) is 51.3 Å². The van der Waals surface area contributed by atoms with Gasteiger partial charge in [0.05, 0.1) is 25.6 Å². The zero-order valence-electron chi connectivity index (χ0n) is 21.5. The lowest BCUT2D eigenvalue weighted by Gasteiger charge is -2.46. The highest BCUT2D eigenvalue weighted by atomic mass is 19.4. The molecule has 2 saturated heterocycles. The molecule has 0 radical (unpaired) electrons. The predicted molar refractivity (Wildman–Crippen MR) is 126 cm³/mol. The summed E-state index contributed by atoms with van der Waals surface area (Å²) in [6, 6.07) is 2.43. The van der Waals surface area contributed by atoms with Crippen molar-refractivity contribution in [3.63, 3.8) is 0 Å². The molecule has 38 heavy (non-hydrogen) atoms. The van der Waals surface area contributed by atoms with Crippen LogP contribution >= 0.6 is 0 Å². The normalized spacial score (nSPS) is 23.6. The van der Waals surface area contributed by atoms with Gasteiger partial charge < -0.3 is 24.3 Å². The highest BCUT2D eigenvalue weighted by molar-refractivity contribution is 5.85. The number of carboxylic acids is 1. The van der Waals surface area contributed by atoms with Crippen LogP contribution in [-0.2, 0) is 22.1 Å². The smallest absolute Gasteiger partial charge is 0.458 e. The van der Waals surface area contributed by atoms with E-state index < -0.39 is 40.7 Å². The van der Waals surface area contributed by atoms with Gasteiger partial charge in [0.2, 0.25) is 0 Å². The third-order valence-corrected chi connectivity index (χ3v) is 7.21. The summed E-state index contributed by atoms with van der Waals surface area (Å²) in [5.41, 5.74) is -1.40. The van der Waals surface area contributed by atoms with Gasteiger partial charge in [0.1, 0.15) is 22.9 Å². The maximum absolute atomic E-state index is 14.4. The van der Waals surface area contributed by atoms with Crippen LogP contribution < -0.4 is 9.47 Å². The minimum absolute atomic E-state index is 0.0147. The number of halogens is 5. The molecule has 3 heterocycles. The Morgan fingerprint density at radius 3 is 2.26 bits per heavy atom. The van der Waals surface area contributed by atoms with Crippen molar-refractivity contribution in [1.29, 1.82) is 0 Å². The second-order valence-electron chi connectivity index (χ2n) is 10.1. The van der Waals surface area contributed by atoms with Crippen LogP contribution in [0.15, 0.2) is 17.3 Å². The number of rotatable bonds is 8. The topological polar surface area (TPSA) is 83.8 Å². The van der Waals surface area contributed by atoms with Crippen LogP contribution in [0.5, 0.6) is 11.5 Å². The number of benzene rings is 1. The third-order valence-electron chi connectivity index (χ3n) is 7.21. The lowest BCUT2D eigenvalue weighted by molar-refractivity contribution is -0.290.